The van der Waals surface area contributed by atoms with Crippen LogP contribution in [-0.4, -0.2) is 45.4 Å². The van der Waals surface area contributed by atoms with Crippen molar-refractivity contribution < 1.29 is 24.2 Å². The zero-order valence-electron chi connectivity index (χ0n) is 17.3. The van der Waals surface area contributed by atoms with E-state index in [1.165, 1.54) is 0 Å². The number of benzene rings is 2. The van der Waals surface area contributed by atoms with Crippen molar-refractivity contribution in [3.8, 4) is 5.75 Å². The van der Waals surface area contributed by atoms with Crippen LogP contribution < -0.4 is 4.74 Å². The number of aromatic amines is 1. The number of carboxylic acid groups (broad SMARTS) is 1. The van der Waals surface area contributed by atoms with Gasteiger partial charge in [-0.05, 0) is 48.7 Å². The topological polar surface area (TPSA) is 105 Å². The number of nitrogens with one attached hydrogen (secondary N) is 1. The van der Waals surface area contributed by atoms with Crippen LogP contribution in [0.25, 0.3) is 0 Å². The molecule has 2 aromatic carbocycles. The quantitative estimate of drug-likeness (QED) is 0.571. The number of hydrogen-bond acceptors (Lipinski definition) is 5. The van der Waals surface area contributed by atoms with Crippen molar-refractivity contribution in [3.63, 3.8) is 0 Å². The highest BCUT2D eigenvalue weighted by Crippen LogP contribution is 2.41. The summed E-state index contributed by atoms with van der Waals surface area (Å²) >= 11 is 6.29. The van der Waals surface area contributed by atoms with Gasteiger partial charge >= 0.3 is 12.1 Å². The van der Waals surface area contributed by atoms with Crippen LogP contribution in [0.3, 0.4) is 0 Å². The summed E-state index contributed by atoms with van der Waals surface area (Å²) in [4.78, 5) is 26.0. The minimum Gasteiger partial charge on any atom is -0.482 e. The van der Waals surface area contributed by atoms with Gasteiger partial charge in [0.25, 0.3) is 0 Å². The Morgan fingerprint density at radius 3 is 2.81 bits per heavy atom. The summed E-state index contributed by atoms with van der Waals surface area (Å²) < 4.78 is 11.2. The van der Waals surface area contributed by atoms with E-state index in [1.54, 1.807) is 42.3 Å². The van der Waals surface area contributed by atoms with E-state index in [2.05, 4.69) is 10.2 Å². The van der Waals surface area contributed by atoms with E-state index in [1.807, 2.05) is 24.3 Å². The zero-order chi connectivity index (χ0) is 22.7. The van der Waals surface area contributed by atoms with Gasteiger partial charge in [-0.3, -0.25) is 10.00 Å². The summed E-state index contributed by atoms with van der Waals surface area (Å²) in [5.74, 6) is -0.754. The first-order valence-corrected chi connectivity index (χ1v) is 10.5. The molecule has 1 aliphatic heterocycles. The summed E-state index contributed by atoms with van der Waals surface area (Å²) in [6.07, 6.45) is 1.26. The minimum atomic E-state index is -1.10. The molecule has 4 rings (SSSR count). The second kappa shape index (κ2) is 9.32. The van der Waals surface area contributed by atoms with E-state index in [9.17, 15) is 9.59 Å². The Morgan fingerprint density at radius 2 is 2.06 bits per heavy atom. The maximum absolute atomic E-state index is 13.3. The largest absolute Gasteiger partial charge is 0.482 e. The van der Waals surface area contributed by atoms with Crippen molar-refractivity contribution in [3.05, 3.63) is 82.1 Å². The number of ether oxygens (including phenoxy) is 2. The molecule has 166 valence electrons. The number of amides is 1. The van der Waals surface area contributed by atoms with Gasteiger partial charge in [0.2, 0.25) is 0 Å². The molecule has 0 saturated heterocycles. The van der Waals surface area contributed by atoms with Crippen LogP contribution in [0.5, 0.6) is 5.75 Å². The van der Waals surface area contributed by atoms with Crippen LogP contribution in [0.2, 0.25) is 5.02 Å². The molecule has 0 spiro atoms. The Morgan fingerprint density at radius 1 is 1.25 bits per heavy atom. The Hall–Kier alpha value is -3.52. The maximum Gasteiger partial charge on any atom is 0.411 e. The summed E-state index contributed by atoms with van der Waals surface area (Å²) in [5, 5.41) is 16.3. The first-order valence-electron chi connectivity index (χ1n) is 10.1. The van der Waals surface area contributed by atoms with Gasteiger partial charge in [-0.25, -0.2) is 9.59 Å². The Kier molecular flexibility index (Phi) is 6.32. The molecule has 0 saturated carbocycles. The fourth-order valence-electron chi connectivity index (χ4n) is 3.88. The molecule has 0 fully saturated rings. The van der Waals surface area contributed by atoms with E-state index in [-0.39, 0.29) is 0 Å². The molecule has 1 amide bonds. The van der Waals surface area contributed by atoms with Crippen LogP contribution in [0.4, 0.5) is 4.79 Å². The van der Waals surface area contributed by atoms with Crippen LogP contribution in [-0.2, 0) is 16.0 Å². The molecule has 9 heteroatoms. The molecular weight excluding hydrogens is 434 g/mol. The molecule has 0 bridgehead atoms. The lowest BCUT2D eigenvalue weighted by molar-refractivity contribution is -0.139. The molecule has 1 aliphatic rings. The van der Waals surface area contributed by atoms with Crippen LogP contribution in [0.1, 0.15) is 41.5 Å². The summed E-state index contributed by atoms with van der Waals surface area (Å²) in [7, 11) is 0. The van der Waals surface area contributed by atoms with E-state index in [4.69, 9.17) is 26.2 Å². The number of halogens is 1. The first-order chi connectivity index (χ1) is 15.4. The summed E-state index contributed by atoms with van der Waals surface area (Å²) in [5.41, 5.74) is 3.20. The number of hydrogen-bond donors (Lipinski definition) is 2. The van der Waals surface area contributed by atoms with Crippen molar-refractivity contribution in [2.45, 2.75) is 25.5 Å². The van der Waals surface area contributed by atoms with Crippen molar-refractivity contribution in [1.82, 2.24) is 15.1 Å². The van der Waals surface area contributed by atoms with Gasteiger partial charge in [0, 0.05) is 23.3 Å². The number of H-pyrrole nitrogens is 1. The lowest BCUT2D eigenvalue weighted by Gasteiger charge is -2.38. The Labute approximate surface area is 189 Å². The van der Waals surface area contributed by atoms with Crippen LogP contribution in [0, 0.1) is 0 Å². The van der Waals surface area contributed by atoms with Crippen LogP contribution >= 0.6 is 11.6 Å². The van der Waals surface area contributed by atoms with Gasteiger partial charge < -0.3 is 14.6 Å². The molecule has 2 atom stereocenters. The number of carboxylic acids is 1. The lowest BCUT2D eigenvalue weighted by Crippen LogP contribution is -2.41. The molecule has 2 N–H and O–H groups in total. The minimum absolute atomic E-state index is 0.344. The molecule has 0 aliphatic carbocycles. The number of fused-ring (bicyclic) bond motifs is 1. The zero-order valence-corrected chi connectivity index (χ0v) is 18.1. The molecule has 2 heterocycles. The van der Waals surface area contributed by atoms with Crippen molar-refractivity contribution in [2.75, 3.05) is 13.2 Å². The predicted octanol–water partition coefficient (Wildman–Crippen LogP) is 4.37. The van der Waals surface area contributed by atoms with Gasteiger partial charge in [-0.2, -0.15) is 5.10 Å². The highest BCUT2D eigenvalue weighted by molar-refractivity contribution is 6.30. The fourth-order valence-corrected chi connectivity index (χ4v) is 4.06. The Bertz CT molecular complexity index is 1120. The van der Waals surface area contributed by atoms with E-state index < -0.39 is 30.8 Å². The standard InChI is InChI=1S/C23H22ClN3O5/c1-14(19-8-10-25-26-19)32-23(30)27-11-9-15-4-2-3-5-17(15)22(27)18-12-16(24)6-7-20(18)31-13-21(28)29/h2-8,10,12,14,22H,9,11,13H2,1H3,(H,25,26)(H,28,29). The number of rotatable bonds is 6. The van der Waals surface area contributed by atoms with Gasteiger partial charge in [-0.15, -0.1) is 0 Å². The van der Waals surface area contributed by atoms with Gasteiger partial charge in [0.15, 0.2) is 6.61 Å². The normalized spacial score (nSPS) is 16.2. The monoisotopic (exact) mass is 455 g/mol. The van der Waals surface area contributed by atoms with E-state index in [0.717, 1.165) is 11.1 Å². The smallest absolute Gasteiger partial charge is 0.411 e. The second-order valence-corrected chi connectivity index (χ2v) is 7.87. The summed E-state index contributed by atoms with van der Waals surface area (Å²) in [6, 6.07) is 13.9. The molecular formula is C23H22ClN3O5. The highest BCUT2D eigenvalue weighted by atomic mass is 35.5. The predicted molar refractivity (Wildman–Crippen MR) is 117 cm³/mol. The fraction of sp³-hybridized carbons (Fsp3) is 0.261. The van der Waals surface area contributed by atoms with Gasteiger partial charge in [0.05, 0.1) is 6.04 Å². The average Bonchev–Trinajstić information content (AvgIpc) is 3.32. The second-order valence-electron chi connectivity index (χ2n) is 7.43. The summed E-state index contributed by atoms with van der Waals surface area (Å²) in [6.45, 7) is 1.66. The van der Waals surface area contributed by atoms with Crippen molar-refractivity contribution in [1.29, 1.82) is 0 Å². The third-order valence-electron chi connectivity index (χ3n) is 5.35. The third kappa shape index (κ3) is 4.55. The number of carbonyl (C=O) groups is 2. The number of aliphatic carboxylic acids is 1. The SMILES string of the molecule is CC(OC(=O)N1CCc2ccccc2C1c1cc(Cl)ccc1OCC(=O)O)c1cc[nH]n1. The molecule has 0 radical (unpaired) electrons. The van der Waals surface area contributed by atoms with E-state index in [0.29, 0.717) is 35.0 Å². The molecule has 32 heavy (non-hydrogen) atoms. The number of carbonyl (C=O) groups excluding carboxylic acids is 1. The van der Waals surface area contributed by atoms with Crippen LogP contribution in [0.15, 0.2) is 54.7 Å². The van der Waals surface area contributed by atoms with Crippen molar-refractivity contribution in [2.24, 2.45) is 0 Å². The molecule has 1 aromatic heterocycles. The van der Waals surface area contributed by atoms with Gasteiger partial charge in [-0.1, -0.05) is 35.9 Å². The van der Waals surface area contributed by atoms with E-state index >= 15 is 0 Å². The first kappa shape index (κ1) is 21.7. The van der Waals surface area contributed by atoms with Crippen molar-refractivity contribution >= 4 is 23.7 Å². The molecule has 3 aromatic rings. The third-order valence-corrected chi connectivity index (χ3v) is 5.59. The number of nitrogens with zero attached hydrogens (tertiary/aromatic N) is 2. The maximum atomic E-state index is 13.3. The number of aromatic nitrogens is 2. The lowest BCUT2D eigenvalue weighted by atomic mass is 9.88. The van der Waals surface area contributed by atoms with Gasteiger partial charge in [0.1, 0.15) is 17.5 Å². The average molecular weight is 456 g/mol. The molecule has 2 unspecified atom stereocenters. The highest BCUT2D eigenvalue weighted by Gasteiger charge is 2.35. The Balaban J connectivity index is 1.73. The molecule has 8 nitrogen and oxygen atoms in total.